The summed E-state index contributed by atoms with van der Waals surface area (Å²) in [5.41, 5.74) is 0.850. The Hall–Kier alpha value is -2.03. The van der Waals surface area contributed by atoms with Gasteiger partial charge in [0.25, 0.3) is 0 Å². The third-order valence-electron chi connectivity index (χ3n) is 1.91. The minimum Gasteiger partial charge on any atom is -0.508 e. The summed E-state index contributed by atoms with van der Waals surface area (Å²) in [7, 11) is 0. The van der Waals surface area contributed by atoms with Crippen LogP contribution < -0.4 is 5.63 Å². The van der Waals surface area contributed by atoms with Gasteiger partial charge in [-0.3, -0.25) is 0 Å². The Morgan fingerprint density at radius 1 is 1.07 bits per heavy atom. The molecule has 2 rings (SSSR count). The Morgan fingerprint density at radius 2 is 1.79 bits per heavy atom. The van der Waals surface area contributed by atoms with E-state index in [1.54, 1.807) is 24.3 Å². The Bertz CT molecular complexity index is 482. The molecular formula is C11H8O3. The highest BCUT2D eigenvalue weighted by Crippen LogP contribution is 2.18. The van der Waals surface area contributed by atoms with Gasteiger partial charge < -0.3 is 9.52 Å². The van der Waals surface area contributed by atoms with E-state index in [9.17, 15) is 4.79 Å². The summed E-state index contributed by atoms with van der Waals surface area (Å²) in [6.45, 7) is 0. The molecule has 1 aromatic carbocycles. The zero-order valence-corrected chi connectivity index (χ0v) is 7.31. The molecule has 0 amide bonds. The van der Waals surface area contributed by atoms with E-state index in [2.05, 4.69) is 0 Å². The summed E-state index contributed by atoms with van der Waals surface area (Å²) in [6, 6.07) is 9.73. The number of benzene rings is 1. The lowest BCUT2D eigenvalue weighted by atomic mass is 10.1. The average molecular weight is 188 g/mol. The number of hydrogen-bond donors (Lipinski definition) is 1. The fourth-order valence-corrected chi connectivity index (χ4v) is 1.22. The van der Waals surface area contributed by atoms with Crippen LogP contribution in [0.15, 0.2) is 51.9 Å². The van der Waals surface area contributed by atoms with Crippen molar-refractivity contribution in [1.29, 1.82) is 0 Å². The van der Waals surface area contributed by atoms with Crippen molar-refractivity contribution in [2.24, 2.45) is 0 Å². The molecule has 0 radical (unpaired) electrons. The van der Waals surface area contributed by atoms with Gasteiger partial charge in [-0.1, -0.05) is 12.1 Å². The molecule has 3 heteroatoms. The lowest BCUT2D eigenvalue weighted by Crippen LogP contribution is -2.00. The second kappa shape index (κ2) is 3.38. The van der Waals surface area contributed by atoms with Gasteiger partial charge in [-0.05, 0) is 29.8 Å². The Morgan fingerprint density at radius 3 is 2.43 bits per heavy atom. The summed E-state index contributed by atoms with van der Waals surface area (Å²) in [5.74, 6) is 0.175. The van der Waals surface area contributed by atoms with E-state index < -0.39 is 0 Å². The fourth-order valence-electron chi connectivity index (χ4n) is 1.22. The van der Waals surface area contributed by atoms with Crippen molar-refractivity contribution in [3.63, 3.8) is 0 Å². The quantitative estimate of drug-likeness (QED) is 0.744. The smallest absolute Gasteiger partial charge is 0.343 e. The first-order chi connectivity index (χ1) is 6.77. The van der Waals surface area contributed by atoms with Crippen LogP contribution in [-0.2, 0) is 0 Å². The molecule has 0 aliphatic carbocycles. The summed E-state index contributed by atoms with van der Waals surface area (Å²) >= 11 is 0. The fraction of sp³-hybridized carbons (Fsp3) is 0. The first-order valence-electron chi connectivity index (χ1n) is 4.14. The third-order valence-corrected chi connectivity index (χ3v) is 1.91. The summed E-state index contributed by atoms with van der Waals surface area (Å²) in [4.78, 5) is 11.3. The lowest BCUT2D eigenvalue weighted by Gasteiger charge is -1.98. The van der Waals surface area contributed by atoms with Crippen LogP contribution in [0.3, 0.4) is 0 Å². The molecule has 0 aliphatic heterocycles. The van der Waals surface area contributed by atoms with Gasteiger partial charge >= 0.3 is 5.63 Å². The van der Waals surface area contributed by atoms with Crippen LogP contribution >= 0.6 is 0 Å². The van der Waals surface area contributed by atoms with Gasteiger partial charge in [0.1, 0.15) is 5.75 Å². The van der Waals surface area contributed by atoms with Crippen molar-refractivity contribution in [2.45, 2.75) is 0 Å². The van der Waals surface area contributed by atoms with Gasteiger partial charge in [-0.25, -0.2) is 4.79 Å². The lowest BCUT2D eigenvalue weighted by molar-refractivity contribution is 0.475. The normalized spacial score (nSPS) is 10.0. The summed E-state index contributed by atoms with van der Waals surface area (Å²) < 4.78 is 4.72. The Labute approximate surface area is 80.2 Å². The maximum Gasteiger partial charge on any atom is 0.343 e. The number of hydrogen-bond acceptors (Lipinski definition) is 3. The van der Waals surface area contributed by atoms with E-state index in [0.29, 0.717) is 5.56 Å². The molecule has 3 nitrogen and oxygen atoms in total. The molecule has 1 heterocycles. The maximum absolute atomic E-state index is 11.3. The van der Waals surface area contributed by atoms with Crippen molar-refractivity contribution in [1.82, 2.24) is 0 Å². The number of aromatic hydroxyl groups is 1. The van der Waals surface area contributed by atoms with E-state index in [0.717, 1.165) is 5.56 Å². The molecule has 0 saturated carbocycles. The Kier molecular flexibility index (Phi) is 2.07. The van der Waals surface area contributed by atoms with E-state index in [1.165, 1.54) is 18.4 Å². The van der Waals surface area contributed by atoms with E-state index >= 15 is 0 Å². The van der Waals surface area contributed by atoms with E-state index in [-0.39, 0.29) is 11.4 Å². The second-order valence-corrected chi connectivity index (χ2v) is 2.86. The topological polar surface area (TPSA) is 50.4 Å². The van der Waals surface area contributed by atoms with E-state index in [1.807, 2.05) is 0 Å². The number of rotatable bonds is 1. The van der Waals surface area contributed by atoms with Crippen molar-refractivity contribution in [3.05, 3.63) is 53.1 Å². The monoisotopic (exact) mass is 188 g/mol. The van der Waals surface area contributed by atoms with Crippen molar-refractivity contribution in [2.75, 3.05) is 0 Å². The molecule has 1 aromatic heterocycles. The zero-order chi connectivity index (χ0) is 9.97. The van der Waals surface area contributed by atoms with Gasteiger partial charge in [-0.15, -0.1) is 0 Å². The van der Waals surface area contributed by atoms with Crippen LogP contribution in [0.4, 0.5) is 0 Å². The molecular weight excluding hydrogens is 180 g/mol. The number of phenols is 1. The van der Waals surface area contributed by atoms with E-state index in [4.69, 9.17) is 9.52 Å². The van der Waals surface area contributed by atoms with Crippen molar-refractivity contribution >= 4 is 0 Å². The highest BCUT2D eigenvalue weighted by atomic mass is 16.4. The maximum atomic E-state index is 11.3. The van der Waals surface area contributed by atoms with Gasteiger partial charge in [0.05, 0.1) is 11.8 Å². The minimum absolute atomic E-state index is 0.175. The molecule has 0 spiro atoms. The van der Waals surface area contributed by atoms with Crippen LogP contribution in [0.25, 0.3) is 11.1 Å². The molecule has 70 valence electrons. The van der Waals surface area contributed by atoms with Crippen molar-refractivity contribution < 1.29 is 9.52 Å². The molecule has 0 saturated heterocycles. The predicted octanol–water partition coefficient (Wildman–Crippen LogP) is 2.01. The van der Waals surface area contributed by atoms with Gasteiger partial charge in [0, 0.05) is 0 Å². The van der Waals surface area contributed by atoms with Crippen LogP contribution in [0, 0.1) is 0 Å². The van der Waals surface area contributed by atoms with Gasteiger partial charge in [0.2, 0.25) is 0 Å². The van der Waals surface area contributed by atoms with Crippen LogP contribution in [0.1, 0.15) is 0 Å². The molecule has 14 heavy (non-hydrogen) atoms. The molecule has 0 aliphatic rings. The first kappa shape index (κ1) is 8.56. The molecule has 0 fully saturated rings. The first-order valence-corrected chi connectivity index (χ1v) is 4.14. The second-order valence-electron chi connectivity index (χ2n) is 2.86. The van der Waals surface area contributed by atoms with Crippen LogP contribution in [-0.4, -0.2) is 5.11 Å². The van der Waals surface area contributed by atoms with Gasteiger partial charge in [0.15, 0.2) is 0 Å². The molecule has 0 bridgehead atoms. The highest BCUT2D eigenvalue weighted by molar-refractivity contribution is 5.62. The largest absolute Gasteiger partial charge is 0.508 e. The SMILES string of the molecule is O=c1occcc1-c1ccc(O)cc1. The molecule has 0 atom stereocenters. The predicted molar refractivity (Wildman–Crippen MR) is 52.1 cm³/mol. The average Bonchev–Trinajstić information content (AvgIpc) is 2.20. The molecule has 2 aromatic rings. The zero-order valence-electron chi connectivity index (χ0n) is 7.31. The standard InChI is InChI=1S/C11H8O3/c12-9-5-3-8(4-6-9)10-2-1-7-14-11(10)13/h1-7,12H. The van der Waals surface area contributed by atoms with Crippen LogP contribution in [0.2, 0.25) is 0 Å². The Balaban J connectivity index is 2.56. The third kappa shape index (κ3) is 1.52. The highest BCUT2D eigenvalue weighted by Gasteiger charge is 2.02. The van der Waals surface area contributed by atoms with Gasteiger partial charge in [-0.2, -0.15) is 0 Å². The molecule has 1 N–H and O–H groups in total. The van der Waals surface area contributed by atoms with Crippen molar-refractivity contribution in [3.8, 4) is 16.9 Å². The summed E-state index contributed by atoms with van der Waals surface area (Å²) in [5, 5.41) is 9.07. The minimum atomic E-state index is -0.377. The molecule has 0 unspecified atom stereocenters. The van der Waals surface area contributed by atoms with Crippen LogP contribution in [0.5, 0.6) is 5.75 Å². The summed E-state index contributed by atoms with van der Waals surface area (Å²) in [6.07, 6.45) is 1.34. The number of phenolic OH excluding ortho intramolecular Hbond substituents is 1.